The molecule has 93 heavy (non-hydrogen) atoms. The third-order valence-electron chi connectivity index (χ3n) is 17.9. The van der Waals surface area contributed by atoms with Crippen LogP contribution in [0, 0.1) is 0 Å². The summed E-state index contributed by atoms with van der Waals surface area (Å²) in [7, 11) is 13.6. The maximum atomic E-state index is 5.71. The van der Waals surface area contributed by atoms with Crippen LogP contribution in [0.25, 0.3) is 22.3 Å². The van der Waals surface area contributed by atoms with Crippen molar-refractivity contribution in [2.75, 3.05) is 76.5 Å². The van der Waals surface area contributed by atoms with Crippen LogP contribution in [0.15, 0.2) is 267 Å². The van der Waals surface area contributed by atoms with Gasteiger partial charge in [-0.2, -0.15) is 0 Å². The maximum Gasteiger partial charge on any atom is 0.119 e. The van der Waals surface area contributed by atoms with E-state index >= 15 is 0 Å². The Morgan fingerprint density at radius 2 is 0.301 bits per heavy atom. The molecule has 12 heteroatoms. The Labute approximate surface area is 542 Å². The molecule has 12 aromatic rings. The first-order chi connectivity index (χ1) is 45.7. The first-order valence-electron chi connectivity index (χ1n) is 30.6. The summed E-state index contributed by atoms with van der Waals surface area (Å²) >= 11 is 0. The SMILES string of the molecule is COc1ccc(N(c2ccc(OC)cc2)c2ccc3c(c2)-c2cc(N(c4ccc(OC)cc4)c4ccc(OC)cc4)ccc2C32c3ccc(N(c4ccc(OC)cc4)c4ccc(OC)cc4)cc3-c3cc(N(c4ccc(OC)cc4)c4ccc(OC)cc4)ccc32)cc1. The molecule has 0 radical (unpaired) electrons. The minimum Gasteiger partial charge on any atom is -0.497 e. The number of hydrogen-bond acceptors (Lipinski definition) is 12. The van der Waals surface area contributed by atoms with E-state index in [1.54, 1.807) is 56.9 Å². The molecule has 0 unspecified atom stereocenters. The Kier molecular flexibility index (Phi) is 15.8. The lowest BCUT2D eigenvalue weighted by molar-refractivity contribution is 0.414. The van der Waals surface area contributed by atoms with Gasteiger partial charge in [0.05, 0.1) is 62.3 Å². The standard InChI is InChI=1S/C81H68N4O8/c1-86-65-29-9-53(10-30-65)82(54-11-31-66(87-2)32-12-54)61-25-45-77-73(49-61)74-50-62(83(55-13-33-67(88-3)34-14-55)56-15-35-68(89-4)36-16-56)26-46-78(74)81(77)79-47-27-63(84(57-17-37-69(90-5)38-18-57)58-19-39-70(91-6)40-20-58)51-75(79)76-52-64(28-48-80(76)81)85(59-21-41-71(92-7)42-22-59)60-23-43-72(93-8)44-24-60/h9-52H,1-8H3. The van der Waals surface area contributed by atoms with E-state index in [-0.39, 0.29) is 0 Å². The fraction of sp³-hybridized carbons (Fsp3) is 0.111. The number of anilines is 12. The van der Waals surface area contributed by atoms with Crippen LogP contribution in [0.3, 0.4) is 0 Å². The molecule has 0 saturated heterocycles. The molecule has 0 amide bonds. The predicted octanol–water partition coefficient (Wildman–Crippen LogP) is 20.0. The van der Waals surface area contributed by atoms with Crippen molar-refractivity contribution in [3.05, 3.63) is 289 Å². The Morgan fingerprint density at radius 3 is 0.430 bits per heavy atom. The molecule has 460 valence electrons. The van der Waals surface area contributed by atoms with Crippen LogP contribution in [0.5, 0.6) is 46.0 Å². The fourth-order valence-electron chi connectivity index (χ4n) is 13.4. The maximum absolute atomic E-state index is 5.71. The molecule has 12 aromatic carbocycles. The van der Waals surface area contributed by atoms with E-state index in [0.717, 1.165) is 159 Å². The number of rotatable bonds is 20. The zero-order valence-electron chi connectivity index (χ0n) is 53.0. The average Bonchev–Trinajstić information content (AvgIpc) is 1.51. The summed E-state index contributed by atoms with van der Waals surface area (Å²) in [4.78, 5) is 9.18. The van der Waals surface area contributed by atoms with Gasteiger partial charge >= 0.3 is 0 Å². The van der Waals surface area contributed by atoms with Crippen molar-refractivity contribution in [2.24, 2.45) is 0 Å². The molecular weight excluding hydrogens is 1160 g/mol. The zero-order valence-corrected chi connectivity index (χ0v) is 53.0. The molecule has 14 rings (SSSR count). The molecule has 12 nitrogen and oxygen atoms in total. The van der Waals surface area contributed by atoms with Crippen molar-refractivity contribution in [1.82, 2.24) is 0 Å². The Balaban J connectivity index is 1.05. The lowest BCUT2D eigenvalue weighted by Crippen LogP contribution is -2.26. The van der Waals surface area contributed by atoms with Gasteiger partial charge in [0, 0.05) is 68.2 Å². The van der Waals surface area contributed by atoms with E-state index in [2.05, 4.69) is 189 Å². The van der Waals surface area contributed by atoms with Crippen LogP contribution < -0.4 is 57.5 Å². The Hall–Kier alpha value is -11.8. The van der Waals surface area contributed by atoms with Gasteiger partial charge in [-0.15, -0.1) is 0 Å². The van der Waals surface area contributed by atoms with Crippen molar-refractivity contribution in [2.45, 2.75) is 5.41 Å². The molecule has 0 fully saturated rings. The highest BCUT2D eigenvalue weighted by Gasteiger charge is 2.52. The van der Waals surface area contributed by atoms with E-state index in [4.69, 9.17) is 37.9 Å². The van der Waals surface area contributed by atoms with E-state index in [9.17, 15) is 0 Å². The van der Waals surface area contributed by atoms with Crippen molar-refractivity contribution >= 4 is 68.2 Å². The van der Waals surface area contributed by atoms with Gasteiger partial charge in [0.1, 0.15) is 46.0 Å². The van der Waals surface area contributed by atoms with Gasteiger partial charge in [-0.05, 0) is 287 Å². The van der Waals surface area contributed by atoms with Gasteiger partial charge in [-0.3, -0.25) is 0 Å². The van der Waals surface area contributed by atoms with Gasteiger partial charge in [0.25, 0.3) is 0 Å². The van der Waals surface area contributed by atoms with Crippen molar-refractivity contribution in [3.63, 3.8) is 0 Å². The fourth-order valence-corrected chi connectivity index (χ4v) is 13.4. The molecular formula is C81H68N4O8. The molecule has 0 aliphatic heterocycles. The number of fused-ring (bicyclic) bond motifs is 10. The quantitative estimate of drug-likeness (QED) is 0.0728. The number of methoxy groups -OCH3 is 8. The average molecular weight is 1230 g/mol. The number of ether oxygens (including phenoxy) is 8. The minimum absolute atomic E-state index is 0.765. The second-order valence-corrected chi connectivity index (χ2v) is 22.6. The minimum atomic E-state index is -0.838. The van der Waals surface area contributed by atoms with Crippen LogP contribution in [-0.4, -0.2) is 56.9 Å². The van der Waals surface area contributed by atoms with Crippen molar-refractivity contribution < 1.29 is 37.9 Å². The summed E-state index contributed by atoms with van der Waals surface area (Å²) in [5.41, 5.74) is 19.6. The highest BCUT2D eigenvalue weighted by molar-refractivity contribution is 6.00. The number of benzene rings is 12. The molecule has 0 saturated carbocycles. The second kappa shape index (κ2) is 24.9. The van der Waals surface area contributed by atoms with E-state index in [1.807, 2.05) is 97.1 Å². The monoisotopic (exact) mass is 1220 g/mol. The van der Waals surface area contributed by atoms with Gasteiger partial charge in [0.15, 0.2) is 0 Å². The summed E-state index contributed by atoms with van der Waals surface area (Å²) in [6.07, 6.45) is 0. The summed E-state index contributed by atoms with van der Waals surface area (Å²) in [5.74, 6) is 6.12. The van der Waals surface area contributed by atoms with E-state index < -0.39 is 5.41 Å². The first kappa shape index (κ1) is 58.9. The largest absolute Gasteiger partial charge is 0.497 e. The zero-order chi connectivity index (χ0) is 63.7. The van der Waals surface area contributed by atoms with Crippen molar-refractivity contribution in [1.29, 1.82) is 0 Å². The summed E-state index contributed by atoms with van der Waals surface area (Å²) in [6.45, 7) is 0. The molecule has 2 aliphatic carbocycles. The summed E-state index contributed by atoms with van der Waals surface area (Å²) in [5, 5.41) is 0. The molecule has 0 atom stereocenters. The van der Waals surface area contributed by atoms with Gasteiger partial charge < -0.3 is 57.5 Å². The van der Waals surface area contributed by atoms with Crippen LogP contribution in [0.4, 0.5) is 68.2 Å². The lowest BCUT2D eigenvalue weighted by atomic mass is 9.70. The van der Waals surface area contributed by atoms with E-state index in [1.165, 1.54) is 0 Å². The smallest absolute Gasteiger partial charge is 0.119 e. The Morgan fingerprint density at radius 1 is 0.172 bits per heavy atom. The topological polar surface area (TPSA) is 86.8 Å². The Bertz CT molecular complexity index is 3850. The molecule has 0 heterocycles. The molecule has 2 aliphatic rings. The molecule has 0 bridgehead atoms. The van der Waals surface area contributed by atoms with Crippen LogP contribution in [-0.2, 0) is 5.41 Å². The van der Waals surface area contributed by atoms with Crippen LogP contribution in [0.2, 0.25) is 0 Å². The van der Waals surface area contributed by atoms with Gasteiger partial charge in [-0.25, -0.2) is 0 Å². The summed E-state index contributed by atoms with van der Waals surface area (Å²) < 4.78 is 45.7. The van der Waals surface area contributed by atoms with Crippen LogP contribution in [0.1, 0.15) is 22.3 Å². The summed E-state index contributed by atoms with van der Waals surface area (Å²) in [6, 6.07) is 93.8. The highest BCUT2D eigenvalue weighted by Crippen LogP contribution is 2.65. The molecule has 0 aromatic heterocycles. The predicted molar refractivity (Wildman–Crippen MR) is 374 cm³/mol. The van der Waals surface area contributed by atoms with E-state index in [0.29, 0.717) is 0 Å². The number of hydrogen-bond donors (Lipinski definition) is 0. The number of nitrogens with zero attached hydrogens (tertiary/aromatic N) is 4. The lowest BCUT2D eigenvalue weighted by Gasteiger charge is -2.32. The molecule has 1 spiro atoms. The third kappa shape index (κ3) is 10.5. The normalized spacial score (nSPS) is 12.0. The van der Waals surface area contributed by atoms with Crippen LogP contribution >= 0.6 is 0 Å². The molecule has 0 N–H and O–H groups in total. The highest BCUT2D eigenvalue weighted by atomic mass is 16.5. The first-order valence-corrected chi connectivity index (χ1v) is 30.6. The van der Waals surface area contributed by atoms with Gasteiger partial charge in [0.2, 0.25) is 0 Å². The van der Waals surface area contributed by atoms with Crippen molar-refractivity contribution in [3.8, 4) is 68.2 Å². The second-order valence-electron chi connectivity index (χ2n) is 22.6. The van der Waals surface area contributed by atoms with Gasteiger partial charge in [-0.1, -0.05) is 24.3 Å². The third-order valence-corrected chi connectivity index (χ3v) is 17.9.